The van der Waals surface area contributed by atoms with E-state index >= 15 is 0 Å². The number of nitrogens with zero attached hydrogens (tertiary/aromatic N) is 3. The quantitative estimate of drug-likeness (QED) is 0.658. The predicted molar refractivity (Wildman–Crippen MR) is 126 cm³/mol. The Kier molecular flexibility index (Phi) is 7.51. The van der Waals surface area contributed by atoms with E-state index in [1.54, 1.807) is 9.21 Å². The molecule has 8 heteroatoms. The number of rotatable bonds is 5. The summed E-state index contributed by atoms with van der Waals surface area (Å²) in [5.41, 5.74) is 1.51. The number of halogens is 1. The van der Waals surface area contributed by atoms with Gasteiger partial charge in [-0.1, -0.05) is 54.8 Å². The zero-order chi connectivity index (χ0) is 22.6. The van der Waals surface area contributed by atoms with Crippen LogP contribution in [0.25, 0.3) is 0 Å². The third-order valence-electron chi connectivity index (χ3n) is 6.28. The molecule has 0 N–H and O–H groups in total. The lowest BCUT2D eigenvalue weighted by Crippen LogP contribution is -2.48. The molecule has 2 aliphatic rings. The van der Waals surface area contributed by atoms with Crippen molar-refractivity contribution in [3.05, 3.63) is 64.7 Å². The number of carbonyl (C=O) groups excluding carboxylic acids is 1. The first-order valence-electron chi connectivity index (χ1n) is 11.3. The molecular weight excluding hydrogens is 446 g/mol. The molecule has 0 aliphatic carbocycles. The molecule has 0 radical (unpaired) electrons. The van der Waals surface area contributed by atoms with Crippen LogP contribution < -0.4 is 0 Å². The lowest BCUT2D eigenvalue weighted by molar-refractivity contribution is 0.0628. The first kappa shape index (κ1) is 23.2. The van der Waals surface area contributed by atoms with Crippen LogP contribution in [0.15, 0.2) is 53.4 Å². The second-order valence-corrected chi connectivity index (χ2v) is 10.9. The number of hydrogen-bond donors (Lipinski definition) is 0. The van der Waals surface area contributed by atoms with Gasteiger partial charge in [-0.3, -0.25) is 9.69 Å². The molecule has 2 aromatic carbocycles. The summed E-state index contributed by atoms with van der Waals surface area (Å²) in [7, 11) is -3.64. The van der Waals surface area contributed by atoms with E-state index in [4.69, 9.17) is 11.6 Å². The zero-order valence-electron chi connectivity index (χ0n) is 18.2. The highest BCUT2D eigenvalue weighted by molar-refractivity contribution is 7.89. The molecule has 0 bridgehead atoms. The van der Waals surface area contributed by atoms with Gasteiger partial charge in [0.05, 0.1) is 15.5 Å². The van der Waals surface area contributed by atoms with Crippen LogP contribution in [0.2, 0.25) is 5.02 Å². The highest BCUT2D eigenvalue weighted by atomic mass is 35.5. The van der Waals surface area contributed by atoms with E-state index in [-0.39, 0.29) is 21.4 Å². The molecule has 172 valence electrons. The fraction of sp³-hybridized carbons (Fsp3) is 0.458. The lowest BCUT2D eigenvalue weighted by atomic mass is 10.1. The number of hydrogen-bond acceptors (Lipinski definition) is 4. The van der Waals surface area contributed by atoms with E-state index in [1.807, 2.05) is 18.2 Å². The summed E-state index contributed by atoms with van der Waals surface area (Å²) in [4.78, 5) is 17.4. The Hall–Kier alpha value is -1.93. The zero-order valence-corrected chi connectivity index (χ0v) is 19.8. The Bertz CT molecular complexity index is 1030. The van der Waals surface area contributed by atoms with Gasteiger partial charge < -0.3 is 4.90 Å². The molecule has 0 atom stereocenters. The molecule has 2 fully saturated rings. The van der Waals surface area contributed by atoms with Gasteiger partial charge >= 0.3 is 0 Å². The third-order valence-corrected chi connectivity index (χ3v) is 8.50. The smallest absolute Gasteiger partial charge is 0.255 e. The summed E-state index contributed by atoms with van der Waals surface area (Å²) in [5.74, 6) is -0.206. The lowest BCUT2D eigenvalue weighted by Gasteiger charge is -2.35. The van der Waals surface area contributed by atoms with Crippen LogP contribution in [0, 0.1) is 0 Å². The topological polar surface area (TPSA) is 60.9 Å². The number of piperazine rings is 1. The van der Waals surface area contributed by atoms with Crippen LogP contribution in [0.5, 0.6) is 0 Å². The van der Waals surface area contributed by atoms with Crippen molar-refractivity contribution in [1.29, 1.82) is 0 Å². The fourth-order valence-electron chi connectivity index (χ4n) is 4.38. The van der Waals surface area contributed by atoms with Crippen LogP contribution in [-0.4, -0.2) is 67.7 Å². The normalized spacial score (nSPS) is 19.0. The molecule has 0 aromatic heterocycles. The van der Waals surface area contributed by atoms with Gasteiger partial charge in [0.15, 0.2) is 0 Å². The average molecular weight is 476 g/mol. The molecule has 0 spiro atoms. The Morgan fingerprint density at radius 1 is 0.844 bits per heavy atom. The van der Waals surface area contributed by atoms with Crippen molar-refractivity contribution in [2.24, 2.45) is 0 Å². The molecule has 0 unspecified atom stereocenters. The van der Waals surface area contributed by atoms with Crippen LogP contribution in [0.3, 0.4) is 0 Å². The van der Waals surface area contributed by atoms with Gasteiger partial charge in [0.25, 0.3) is 5.91 Å². The molecule has 32 heavy (non-hydrogen) atoms. The monoisotopic (exact) mass is 475 g/mol. The van der Waals surface area contributed by atoms with Gasteiger partial charge in [-0.25, -0.2) is 8.42 Å². The van der Waals surface area contributed by atoms with Crippen LogP contribution in [0.4, 0.5) is 0 Å². The van der Waals surface area contributed by atoms with Gasteiger partial charge in [-0.2, -0.15) is 4.31 Å². The van der Waals surface area contributed by atoms with Gasteiger partial charge in [0, 0.05) is 45.8 Å². The van der Waals surface area contributed by atoms with Crippen molar-refractivity contribution < 1.29 is 13.2 Å². The largest absolute Gasteiger partial charge is 0.336 e. The van der Waals surface area contributed by atoms with E-state index in [1.165, 1.54) is 23.8 Å². The number of amides is 1. The summed E-state index contributed by atoms with van der Waals surface area (Å²) in [6.07, 6.45) is 3.83. The fourth-order valence-corrected chi connectivity index (χ4v) is 6.12. The highest BCUT2D eigenvalue weighted by Gasteiger charge is 2.29. The third kappa shape index (κ3) is 5.34. The van der Waals surface area contributed by atoms with Crippen molar-refractivity contribution >= 4 is 27.5 Å². The maximum absolute atomic E-state index is 13.2. The van der Waals surface area contributed by atoms with Crippen LogP contribution >= 0.6 is 11.6 Å². The maximum atomic E-state index is 13.2. The second-order valence-electron chi connectivity index (χ2n) is 8.51. The predicted octanol–water partition coefficient (Wildman–Crippen LogP) is 3.86. The van der Waals surface area contributed by atoms with Gasteiger partial charge in [-0.15, -0.1) is 0 Å². The van der Waals surface area contributed by atoms with Crippen molar-refractivity contribution in [2.45, 2.75) is 37.1 Å². The highest BCUT2D eigenvalue weighted by Crippen LogP contribution is 2.26. The van der Waals surface area contributed by atoms with Crippen molar-refractivity contribution in [3.8, 4) is 0 Å². The number of sulfonamides is 1. The molecule has 2 saturated heterocycles. The SMILES string of the molecule is O=C(c1cc(S(=O)(=O)N2CCCCCC2)ccc1Cl)N1CCN(Cc2ccccc2)CC1. The summed E-state index contributed by atoms with van der Waals surface area (Å²) >= 11 is 6.34. The number of carbonyl (C=O) groups is 1. The Balaban J connectivity index is 1.45. The first-order valence-corrected chi connectivity index (χ1v) is 13.1. The Morgan fingerprint density at radius 3 is 2.16 bits per heavy atom. The molecular formula is C24H30ClN3O3S. The van der Waals surface area contributed by atoms with E-state index in [9.17, 15) is 13.2 Å². The van der Waals surface area contributed by atoms with Crippen LogP contribution in [0.1, 0.15) is 41.6 Å². The van der Waals surface area contributed by atoms with Gasteiger partial charge in [-0.05, 0) is 36.6 Å². The summed E-state index contributed by atoms with van der Waals surface area (Å²) in [6, 6.07) is 14.8. The molecule has 2 aromatic rings. The minimum atomic E-state index is -3.64. The van der Waals surface area contributed by atoms with Crippen LogP contribution in [-0.2, 0) is 16.6 Å². The van der Waals surface area contributed by atoms with Crippen molar-refractivity contribution in [2.75, 3.05) is 39.3 Å². The van der Waals surface area contributed by atoms with Crippen molar-refractivity contribution in [3.63, 3.8) is 0 Å². The molecule has 2 heterocycles. The minimum Gasteiger partial charge on any atom is -0.336 e. The summed E-state index contributed by atoms with van der Waals surface area (Å²) < 4.78 is 27.9. The minimum absolute atomic E-state index is 0.148. The van der Waals surface area contributed by atoms with Crippen molar-refractivity contribution in [1.82, 2.24) is 14.1 Å². The standard InChI is InChI=1S/C24H30ClN3O3S/c25-23-11-10-21(32(30,31)28-12-6-1-2-7-13-28)18-22(23)24(29)27-16-14-26(15-17-27)19-20-8-4-3-5-9-20/h3-5,8-11,18H,1-2,6-7,12-17,19H2. The molecule has 4 rings (SSSR count). The molecule has 0 saturated carbocycles. The van der Waals surface area contributed by atoms with E-state index in [0.717, 1.165) is 45.3 Å². The molecule has 6 nitrogen and oxygen atoms in total. The maximum Gasteiger partial charge on any atom is 0.255 e. The summed E-state index contributed by atoms with van der Waals surface area (Å²) in [6.45, 7) is 4.62. The van der Waals surface area contributed by atoms with Gasteiger partial charge in [0.1, 0.15) is 0 Å². The van der Waals surface area contributed by atoms with E-state index in [0.29, 0.717) is 26.2 Å². The average Bonchev–Trinajstić information content (AvgIpc) is 3.10. The molecule has 1 amide bonds. The van der Waals surface area contributed by atoms with Gasteiger partial charge in [0.2, 0.25) is 10.0 Å². The second kappa shape index (κ2) is 10.3. The van der Waals surface area contributed by atoms with E-state index < -0.39 is 10.0 Å². The Morgan fingerprint density at radius 2 is 1.50 bits per heavy atom. The first-order chi connectivity index (χ1) is 15.4. The molecule has 2 aliphatic heterocycles. The summed E-state index contributed by atoms with van der Waals surface area (Å²) in [5, 5.41) is 0.288. The van der Waals surface area contributed by atoms with E-state index in [2.05, 4.69) is 17.0 Å². The Labute approximate surface area is 195 Å². The number of benzene rings is 2.